The molecule has 0 bridgehead atoms. The van der Waals surface area contributed by atoms with Crippen LogP contribution in [0, 0.1) is 5.92 Å². The summed E-state index contributed by atoms with van der Waals surface area (Å²) in [7, 11) is 0. The summed E-state index contributed by atoms with van der Waals surface area (Å²) in [6.45, 7) is 0.724. The van der Waals surface area contributed by atoms with Crippen LogP contribution in [0.5, 0.6) is 0 Å². The number of aliphatic hydroxyl groups is 1. The van der Waals surface area contributed by atoms with Crippen LogP contribution in [0.25, 0.3) is 0 Å². The smallest absolute Gasteiger partial charge is 0.274 e. The molecule has 2 fully saturated rings. The number of carbonyl (C=O) groups excluding carboxylic acids is 1. The van der Waals surface area contributed by atoms with Crippen molar-refractivity contribution < 1.29 is 9.90 Å². The highest BCUT2D eigenvalue weighted by molar-refractivity contribution is 6.34. The summed E-state index contributed by atoms with van der Waals surface area (Å²) in [5.41, 5.74) is -0.539. The first-order valence-electron chi connectivity index (χ1n) is 5.83. The molecule has 0 unspecified atom stereocenters. The zero-order valence-electron chi connectivity index (χ0n) is 9.57. The number of hydrogen-bond donors (Lipinski definition) is 1. The number of hydrogen-bond acceptors (Lipinski definition) is 3. The number of β-amino-alcohol motifs (C(OH)–C–C–N with tert-alkyl or cyclic N) is 1. The van der Waals surface area contributed by atoms with Crippen molar-refractivity contribution in [3.63, 3.8) is 0 Å². The van der Waals surface area contributed by atoms with Gasteiger partial charge in [-0.3, -0.25) is 4.79 Å². The summed E-state index contributed by atoms with van der Waals surface area (Å²) in [4.78, 5) is 17.6. The van der Waals surface area contributed by atoms with Crippen LogP contribution in [0.15, 0.2) is 12.1 Å². The molecule has 1 saturated heterocycles. The summed E-state index contributed by atoms with van der Waals surface area (Å²) in [5.74, 6) is 0.0807. The van der Waals surface area contributed by atoms with Crippen molar-refractivity contribution in [1.29, 1.82) is 0 Å². The maximum absolute atomic E-state index is 12.1. The molecule has 3 rings (SSSR count). The minimum atomic E-state index is -0.694. The van der Waals surface area contributed by atoms with Gasteiger partial charge in [-0.2, -0.15) is 0 Å². The van der Waals surface area contributed by atoms with E-state index in [2.05, 4.69) is 4.98 Å². The highest BCUT2D eigenvalue weighted by Gasteiger charge is 2.53. The lowest BCUT2D eigenvalue weighted by molar-refractivity contribution is -0.0959. The first-order chi connectivity index (χ1) is 8.49. The fourth-order valence-corrected chi connectivity index (χ4v) is 2.69. The molecule has 6 heteroatoms. The largest absolute Gasteiger partial charge is 0.386 e. The minimum Gasteiger partial charge on any atom is -0.386 e. The van der Waals surface area contributed by atoms with Crippen LogP contribution in [-0.2, 0) is 0 Å². The van der Waals surface area contributed by atoms with Gasteiger partial charge in [-0.15, -0.1) is 0 Å². The molecule has 1 aromatic heterocycles. The highest BCUT2D eigenvalue weighted by Crippen LogP contribution is 2.44. The Kier molecular flexibility index (Phi) is 2.77. The van der Waals surface area contributed by atoms with Gasteiger partial charge in [0, 0.05) is 0 Å². The molecule has 1 aromatic rings. The molecular formula is C12H12Cl2N2O2. The van der Waals surface area contributed by atoms with Crippen molar-refractivity contribution in [2.24, 2.45) is 5.92 Å². The molecule has 1 N–H and O–H groups in total. The van der Waals surface area contributed by atoms with Crippen molar-refractivity contribution in [3.8, 4) is 0 Å². The number of halogens is 2. The molecule has 2 heterocycles. The molecular weight excluding hydrogens is 275 g/mol. The number of pyridine rings is 1. The molecule has 96 valence electrons. The summed E-state index contributed by atoms with van der Waals surface area (Å²) >= 11 is 11.7. The van der Waals surface area contributed by atoms with Gasteiger partial charge >= 0.3 is 0 Å². The highest BCUT2D eigenvalue weighted by atomic mass is 35.5. The Morgan fingerprint density at radius 1 is 1.39 bits per heavy atom. The molecule has 0 spiro atoms. The first-order valence-corrected chi connectivity index (χ1v) is 6.59. The van der Waals surface area contributed by atoms with Gasteiger partial charge < -0.3 is 10.0 Å². The summed E-state index contributed by atoms with van der Waals surface area (Å²) < 4.78 is 0. The van der Waals surface area contributed by atoms with E-state index in [1.54, 1.807) is 11.0 Å². The molecule has 1 aliphatic heterocycles. The van der Waals surface area contributed by atoms with E-state index in [9.17, 15) is 9.90 Å². The predicted molar refractivity (Wildman–Crippen MR) is 67.8 cm³/mol. The van der Waals surface area contributed by atoms with Gasteiger partial charge in [0.2, 0.25) is 0 Å². The number of aromatic nitrogens is 1. The van der Waals surface area contributed by atoms with Crippen molar-refractivity contribution >= 4 is 29.1 Å². The fraction of sp³-hybridized carbons (Fsp3) is 0.500. The number of nitrogens with zero attached hydrogens (tertiary/aromatic N) is 2. The van der Waals surface area contributed by atoms with Gasteiger partial charge in [0.1, 0.15) is 16.4 Å². The van der Waals surface area contributed by atoms with E-state index in [0.29, 0.717) is 19.0 Å². The van der Waals surface area contributed by atoms with E-state index in [0.717, 1.165) is 12.8 Å². The van der Waals surface area contributed by atoms with E-state index in [1.165, 1.54) is 6.07 Å². The maximum Gasteiger partial charge on any atom is 0.274 e. The molecule has 0 radical (unpaired) electrons. The van der Waals surface area contributed by atoms with E-state index >= 15 is 0 Å². The number of likely N-dealkylation sites (tertiary alicyclic amines) is 1. The number of rotatable bonds is 2. The summed E-state index contributed by atoms with van der Waals surface area (Å²) in [5, 5.41) is 10.7. The molecule has 2 aliphatic rings. The Bertz CT molecular complexity index is 511. The SMILES string of the molecule is O=C(c1nc(Cl)ccc1Cl)N1CC(O)(C2CC2)C1. The van der Waals surface area contributed by atoms with Crippen LogP contribution in [0.3, 0.4) is 0 Å². The normalized spacial score (nSPS) is 21.6. The molecule has 1 aliphatic carbocycles. The van der Waals surface area contributed by atoms with E-state index in [1.807, 2.05) is 0 Å². The Hall–Kier alpha value is -0.840. The number of amides is 1. The summed E-state index contributed by atoms with van der Waals surface area (Å²) in [6, 6.07) is 3.09. The van der Waals surface area contributed by atoms with Gasteiger partial charge in [0.05, 0.1) is 18.1 Å². The lowest BCUT2D eigenvalue weighted by Crippen LogP contribution is -2.64. The van der Waals surface area contributed by atoms with Gasteiger partial charge in [0.15, 0.2) is 0 Å². The summed E-state index contributed by atoms with van der Waals surface area (Å²) in [6.07, 6.45) is 2.10. The van der Waals surface area contributed by atoms with E-state index in [4.69, 9.17) is 23.2 Å². The molecule has 1 amide bonds. The standard InChI is InChI=1S/C12H12Cl2N2O2/c13-8-3-4-9(14)15-10(8)11(17)16-5-12(18,6-16)7-1-2-7/h3-4,7,18H,1-2,5-6H2. The predicted octanol–water partition coefficient (Wildman–Crippen LogP) is 1.99. The zero-order valence-corrected chi connectivity index (χ0v) is 11.1. The lowest BCUT2D eigenvalue weighted by Gasteiger charge is -2.46. The fourth-order valence-electron chi connectivity index (χ4n) is 2.36. The monoisotopic (exact) mass is 286 g/mol. The quantitative estimate of drug-likeness (QED) is 0.846. The van der Waals surface area contributed by atoms with Gasteiger partial charge in [-0.1, -0.05) is 23.2 Å². The Balaban J connectivity index is 1.74. The molecule has 4 nitrogen and oxygen atoms in total. The van der Waals surface area contributed by atoms with Gasteiger partial charge in [-0.25, -0.2) is 4.98 Å². The van der Waals surface area contributed by atoms with E-state index < -0.39 is 5.60 Å². The van der Waals surface area contributed by atoms with Crippen LogP contribution in [-0.4, -0.2) is 39.6 Å². The second-order valence-corrected chi connectivity index (χ2v) is 5.80. The second kappa shape index (κ2) is 4.08. The lowest BCUT2D eigenvalue weighted by atomic mass is 9.88. The third-order valence-corrected chi connectivity index (χ3v) is 4.08. The Morgan fingerprint density at radius 2 is 2.06 bits per heavy atom. The topological polar surface area (TPSA) is 53.4 Å². The van der Waals surface area contributed by atoms with Crippen LogP contribution in [0.1, 0.15) is 23.3 Å². The molecule has 0 atom stereocenters. The van der Waals surface area contributed by atoms with Crippen LogP contribution < -0.4 is 0 Å². The minimum absolute atomic E-state index is 0.155. The van der Waals surface area contributed by atoms with Crippen LogP contribution in [0.2, 0.25) is 10.2 Å². The Morgan fingerprint density at radius 3 is 2.67 bits per heavy atom. The molecule has 1 saturated carbocycles. The third-order valence-electron chi connectivity index (χ3n) is 3.57. The second-order valence-electron chi connectivity index (χ2n) is 5.00. The van der Waals surface area contributed by atoms with Crippen molar-refractivity contribution in [2.45, 2.75) is 18.4 Å². The van der Waals surface area contributed by atoms with Crippen molar-refractivity contribution in [2.75, 3.05) is 13.1 Å². The molecule has 0 aromatic carbocycles. The first kappa shape index (κ1) is 12.2. The Labute approximate surface area is 115 Å². The van der Waals surface area contributed by atoms with E-state index in [-0.39, 0.29) is 21.8 Å². The maximum atomic E-state index is 12.1. The van der Waals surface area contributed by atoms with Crippen LogP contribution in [0.4, 0.5) is 0 Å². The average Bonchev–Trinajstić information content (AvgIpc) is 3.11. The van der Waals surface area contributed by atoms with Crippen molar-refractivity contribution in [3.05, 3.63) is 28.0 Å². The molecule has 18 heavy (non-hydrogen) atoms. The average molecular weight is 287 g/mol. The third kappa shape index (κ3) is 1.98. The number of carbonyl (C=O) groups is 1. The van der Waals surface area contributed by atoms with Crippen molar-refractivity contribution in [1.82, 2.24) is 9.88 Å². The van der Waals surface area contributed by atoms with Crippen LogP contribution >= 0.6 is 23.2 Å². The van der Waals surface area contributed by atoms with Gasteiger partial charge in [0.25, 0.3) is 5.91 Å². The zero-order chi connectivity index (χ0) is 12.9. The van der Waals surface area contributed by atoms with Gasteiger partial charge in [-0.05, 0) is 30.9 Å².